The van der Waals surface area contributed by atoms with E-state index < -0.39 is 18.3 Å². The molecule has 1 aromatic rings. The predicted octanol–water partition coefficient (Wildman–Crippen LogP) is 2.39. The fourth-order valence-corrected chi connectivity index (χ4v) is 2.85. The van der Waals surface area contributed by atoms with Crippen molar-refractivity contribution in [3.8, 4) is 0 Å². The molecule has 1 saturated carbocycles. The van der Waals surface area contributed by atoms with Gasteiger partial charge in [-0.25, -0.2) is 8.78 Å². The van der Waals surface area contributed by atoms with Crippen molar-refractivity contribution >= 4 is 5.91 Å². The average molecular weight is 294 g/mol. The summed E-state index contributed by atoms with van der Waals surface area (Å²) in [6.45, 7) is 2.90. The van der Waals surface area contributed by atoms with Crippen LogP contribution in [0.4, 0.5) is 8.78 Å². The van der Waals surface area contributed by atoms with Crippen LogP contribution in [-0.2, 0) is 4.79 Å². The molecule has 0 unspecified atom stereocenters. The van der Waals surface area contributed by atoms with Crippen LogP contribution >= 0.6 is 0 Å². The van der Waals surface area contributed by atoms with Crippen LogP contribution in [0.1, 0.15) is 30.7 Å². The molecule has 0 radical (unpaired) electrons. The molecule has 1 aliphatic carbocycles. The van der Waals surface area contributed by atoms with Gasteiger partial charge in [0, 0.05) is 6.54 Å². The Morgan fingerprint density at radius 3 is 2.38 bits per heavy atom. The summed E-state index contributed by atoms with van der Waals surface area (Å²) in [5.41, 5.74) is 0.115. The van der Waals surface area contributed by atoms with Gasteiger partial charge < -0.3 is 10.2 Å². The van der Waals surface area contributed by atoms with E-state index in [0.29, 0.717) is 5.56 Å². The summed E-state index contributed by atoms with van der Waals surface area (Å²) < 4.78 is 26.6. The third kappa shape index (κ3) is 3.23. The number of nitrogens with zero attached hydrogens (tertiary/aromatic N) is 1. The largest absolute Gasteiger partial charge is 0.349 e. The van der Waals surface area contributed by atoms with Gasteiger partial charge in [0.2, 0.25) is 5.91 Å². The summed E-state index contributed by atoms with van der Waals surface area (Å²) in [4.78, 5) is 14.6. The highest BCUT2D eigenvalue weighted by Crippen LogP contribution is 2.38. The lowest BCUT2D eigenvalue weighted by Gasteiger charge is -2.35. The van der Waals surface area contributed by atoms with Gasteiger partial charge in [-0.3, -0.25) is 4.79 Å². The van der Waals surface area contributed by atoms with Crippen molar-refractivity contribution in [1.82, 2.24) is 10.2 Å². The number of halogens is 2. The maximum absolute atomic E-state index is 13.3. The molecule has 2 fully saturated rings. The van der Waals surface area contributed by atoms with Crippen molar-refractivity contribution in [2.24, 2.45) is 0 Å². The number of carbonyl (C=O) groups is 1. The molecule has 21 heavy (non-hydrogen) atoms. The third-order valence-corrected chi connectivity index (χ3v) is 4.41. The molecule has 114 valence electrons. The monoisotopic (exact) mass is 294 g/mol. The number of alkyl halides is 2. The average Bonchev–Trinajstić information content (AvgIpc) is 3.15. The number of hydrogen-bond acceptors (Lipinski definition) is 2. The first-order chi connectivity index (χ1) is 10.1. The van der Waals surface area contributed by atoms with E-state index in [1.54, 1.807) is 30.3 Å². The SMILES string of the molecule is O=C(NC1(CN2CCC2)CC1)[C@H](c1ccccc1)C(F)F. The zero-order chi connectivity index (χ0) is 14.9. The van der Waals surface area contributed by atoms with E-state index in [4.69, 9.17) is 0 Å². The second kappa shape index (κ2) is 5.72. The molecular weight excluding hydrogens is 274 g/mol. The zero-order valence-corrected chi connectivity index (χ0v) is 11.9. The van der Waals surface area contributed by atoms with Gasteiger partial charge in [-0.2, -0.15) is 0 Å². The van der Waals surface area contributed by atoms with Gasteiger partial charge in [0.1, 0.15) is 5.92 Å². The van der Waals surface area contributed by atoms with Gasteiger partial charge in [0.25, 0.3) is 6.43 Å². The smallest absolute Gasteiger partial charge is 0.254 e. The first kappa shape index (κ1) is 14.4. The fourth-order valence-electron chi connectivity index (χ4n) is 2.85. The summed E-state index contributed by atoms with van der Waals surface area (Å²) in [5.74, 6) is -1.92. The van der Waals surface area contributed by atoms with E-state index in [-0.39, 0.29) is 5.54 Å². The standard InChI is InChI=1S/C16H20F2N2O/c17-14(18)13(12-5-2-1-3-6-12)15(21)19-16(7-8-16)11-20-9-4-10-20/h1-3,5-6,13-14H,4,7-11H2,(H,19,21)/t13-/m1/s1. The first-order valence-electron chi connectivity index (χ1n) is 7.47. The minimum Gasteiger partial charge on any atom is -0.349 e. The Hall–Kier alpha value is -1.49. The Bertz CT molecular complexity index is 498. The molecule has 3 nitrogen and oxygen atoms in total. The number of hydrogen-bond donors (Lipinski definition) is 1. The highest BCUT2D eigenvalue weighted by atomic mass is 19.3. The Balaban J connectivity index is 1.67. The lowest BCUT2D eigenvalue weighted by molar-refractivity contribution is -0.127. The number of rotatable bonds is 6. The summed E-state index contributed by atoms with van der Waals surface area (Å²) in [6, 6.07) is 8.31. The molecule has 3 rings (SSSR count). The van der Waals surface area contributed by atoms with Gasteiger partial charge in [-0.1, -0.05) is 30.3 Å². The number of benzene rings is 1. The molecule has 0 aromatic heterocycles. The molecule has 0 bridgehead atoms. The topological polar surface area (TPSA) is 32.3 Å². The lowest BCUT2D eigenvalue weighted by Crippen LogP contribution is -2.51. The van der Waals surface area contributed by atoms with Crippen LogP contribution in [0.15, 0.2) is 30.3 Å². The summed E-state index contributed by atoms with van der Waals surface area (Å²) in [6.07, 6.45) is 0.278. The molecule has 1 aliphatic heterocycles. The van der Waals surface area contributed by atoms with Crippen molar-refractivity contribution in [3.05, 3.63) is 35.9 Å². The van der Waals surface area contributed by atoms with E-state index in [2.05, 4.69) is 10.2 Å². The van der Waals surface area contributed by atoms with Gasteiger partial charge in [-0.05, 0) is 37.9 Å². The quantitative estimate of drug-likeness (QED) is 0.874. The fraction of sp³-hybridized carbons (Fsp3) is 0.562. The third-order valence-electron chi connectivity index (χ3n) is 4.41. The Kier molecular flexibility index (Phi) is 3.93. The molecule has 1 atom stereocenters. The highest BCUT2D eigenvalue weighted by Gasteiger charge is 2.47. The summed E-state index contributed by atoms with van der Waals surface area (Å²) in [5, 5.41) is 2.89. The number of amides is 1. The summed E-state index contributed by atoms with van der Waals surface area (Å²) in [7, 11) is 0. The zero-order valence-electron chi connectivity index (χ0n) is 11.9. The van der Waals surface area contributed by atoms with Crippen LogP contribution in [0.2, 0.25) is 0 Å². The van der Waals surface area contributed by atoms with Gasteiger partial charge in [0.15, 0.2) is 0 Å². The van der Waals surface area contributed by atoms with Crippen molar-refractivity contribution in [3.63, 3.8) is 0 Å². The normalized spacial score (nSPS) is 21.7. The van der Waals surface area contributed by atoms with Crippen LogP contribution in [-0.4, -0.2) is 42.4 Å². The van der Waals surface area contributed by atoms with E-state index >= 15 is 0 Å². The van der Waals surface area contributed by atoms with E-state index in [0.717, 1.165) is 32.5 Å². The maximum Gasteiger partial charge on any atom is 0.254 e. The molecule has 2 aliphatic rings. The molecule has 1 aromatic carbocycles. The second-order valence-corrected chi connectivity index (χ2v) is 6.12. The predicted molar refractivity (Wildman–Crippen MR) is 76.4 cm³/mol. The minimum absolute atomic E-state index is 0.264. The second-order valence-electron chi connectivity index (χ2n) is 6.12. The Morgan fingerprint density at radius 1 is 1.24 bits per heavy atom. The van der Waals surface area contributed by atoms with Crippen molar-refractivity contribution < 1.29 is 13.6 Å². The van der Waals surface area contributed by atoms with E-state index in [1.807, 2.05) is 0 Å². The lowest BCUT2D eigenvalue weighted by atomic mass is 9.98. The van der Waals surface area contributed by atoms with E-state index in [1.165, 1.54) is 6.42 Å². The van der Waals surface area contributed by atoms with Crippen LogP contribution in [0.5, 0.6) is 0 Å². The Morgan fingerprint density at radius 2 is 1.90 bits per heavy atom. The van der Waals surface area contributed by atoms with Crippen molar-refractivity contribution in [2.75, 3.05) is 19.6 Å². The van der Waals surface area contributed by atoms with Crippen LogP contribution < -0.4 is 5.32 Å². The molecule has 1 N–H and O–H groups in total. The van der Waals surface area contributed by atoms with Gasteiger partial charge in [0.05, 0.1) is 5.54 Å². The van der Waals surface area contributed by atoms with E-state index in [9.17, 15) is 13.6 Å². The van der Waals surface area contributed by atoms with Crippen LogP contribution in [0.25, 0.3) is 0 Å². The Labute approximate surface area is 123 Å². The molecule has 1 heterocycles. The molecular formula is C16H20F2N2O. The molecule has 0 spiro atoms. The van der Waals surface area contributed by atoms with Gasteiger partial charge in [-0.15, -0.1) is 0 Å². The minimum atomic E-state index is -2.69. The van der Waals surface area contributed by atoms with Crippen molar-refractivity contribution in [2.45, 2.75) is 37.1 Å². The number of likely N-dealkylation sites (tertiary alicyclic amines) is 1. The summed E-state index contributed by atoms with van der Waals surface area (Å²) >= 11 is 0. The molecule has 5 heteroatoms. The van der Waals surface area contributed by atoms with Crippen LogP contribution in [0, 0.1) is 0 Å². The van der Waals surface area contributed by atoms with Crippen LogP contribution in [0.3, 0.4) is 0 Å². The maximum atomic E-state index is 13.3. The number of nitrogens with one attached hydrogen (secondary N) is 1. The molecule has 1 saturated heterocycles. The molecule has 1 amide bonds. The van der Waals surface area contributed by atoms with Crippen molar-refractivity contribution in [1.29, 1.82) is 0 Å². The van der Waals surface area contributed by atoms with Gasteiger partial charge >= 0.3 is 0 Å². The first-order valence-corrected chi connectivity index (χ1v) is 7.47. The number of carbonyl (C=O) groups excluding carboxylic acids is 1. The highest BCUT2D eigenvalue weighted by molar-refractivity contribution is 5.85.